The number of nitrogens with zero attached hydrogens (tertiary/aromatic N) is 2. The minimum absolute atomic E-state index is 0.133. The van der Waals surface area contributed by atoms with Gasteiger partial charge in [-0.1, -0.05) is 31.7 Å². The number of carbonyl (C=O) groups excluding carboxylic acids is 1. The molecule has 1 aliphatic rings. The van der Waals surface area contributed by atoms with E-state index < -0.39 is 0 Å². The van der Waals surface area contributed by atoms with Crippen LogP contribution in [0.2, 0.25) is 0 Å². The molecule has 0 radical (unpaired) electrons. The molecule has 6 nitrogen and oxygen atoms in total. The number of aromatic nitrogens is 2. The van der Waals surface area contributed by atoms with E-state index in [-0.39, 0.29) is 11.9 Å². The topological polar surface area (TPSA) is 76.1 Å². The number of benzene rings is 1. The maximum absolute atomic E-state index is 12.7. The minimum atomic E-state index is -0.133. The average Bonchev–Trinajstić information content (AvgIpc) is 2.90. The highest BCUT2D eigenvalue weighted by Crippen LogP contribution is 2.27. The van der Waals surface area contributed by atoms with Gasteiger partial charge in [-0.25, -0.2) is 9.97 Å². The van der Waals surface area contributed by atoms with Crippen molar-refractivity contribution in [3.8, 4) is 5.75 Å². The van der Waals surface area contributed by atoms with Gasteiger partial charge >= 0.3 is 0 Å². The molecule has 0 bridgehead atoms. The van der Waals surface area contributed by atoms with Crippen molar-refractivity contribution in [2.75, 3.05) is 12.4 Å². The average molecular weight is 368 g/mol. The molecule has 2 N–H and O–H groups in total. The van der Waals surface area contributed by atoms with Crippen molar-refractivity contribution in [1.82, 2.24) is 15.3 Å². The number of methoxy groups -OCH3 is 1. The summed E-state index contributed by atoms with van der Waals surface area (Å²) >= 11 is 0. The van der Waals surface area contributed by atoms with E-state index in [1.807, 2.05) is 32.0 Å². The summed E-state index contributed by atoms with van der Waals surface area (Å²) in [5.41, 5.74) is 3.00. The van der Waals surface area contributed by atoms with Gasteiger partial charge in [-0.3, -0.25) is 4.79 Å². The molecular formula is C21H28N4O2. The number of ether oxygens (including phenoxy) is 1. The van der Waals surface area contributed by atoms with Crippen LogP contribution in [-0.2, 0) is 0 Å². The zero-order chi connectivity index (χ0) is 19.2. The first-order chi connectivity index (χ1) is 13.0. The Morgan fingerprint density at radius 2 is 1.81 bits per heavy atom. The highest BCUT2D eigenvalue weighted by Gasteiger charge is 2.18. The van der Waals surface area contributed by atoms with E-state index in [4.69, 9.17) is 4.74 Å². The summed E-state index contributed by atoms with van der Waals surface area (Å²) in [6.45, 7) is 3.87. The van der Waals surface area contributed by atoms with Crippen molar-refractivity contribution in [2.45, 2.75) is 58.4 Å². The molecule has 1 aliphatic carbocycles. The summed E-state index contributed by atoms with van der Waals surface area (Å²) in [4.78, 5) is 21.6. The lowest BCUT2D eigenvalue weighted by atomic mass is 10.1. The van der Waals surface area contributed by atoms with Crippen LogP contribution in [0.3, 0.4) is 0 Å². The van der Waals surface area contributed by atoms with Crippen LogP contribution in [0.15, 0.2) is 24.3 Å². The zero-order valence-corrected chi connectivity index (χ0v) is 16.3. The van der Waals surface area contributed by atoms with Gasteiger partial charge in [0.2, 0.25) is 5.95 Å². The zero-order valence-electron chi connectivity index (χ0n) is 16.3. The fourth-order valence-electron chi connectivity index (χ4n) is 3.46. The van der Waals surface area contributed by atoms with E-state index in [9.17, 15) is 4.79 Å². The monoisotopic (exact) mass is 368 g/mol. The largest absolute Gasteiger partial charge is 0.495 e. The number of amides is 1. The van der Waals surface area contributed by atoms with Crippen molar-refractivity contribution in [3.05, 3.63) is 41.2 Å². The van der Waals surface area contributed by atoms with Gasteiger partial charge < -0.3 is 15.4 Å². The Labute approximate surface area is 160 Å². The Morgan fingerprint density at radius 3 is 2.52 bits per heavy atom. The van der Waals surface area contributed by atoms with Crippen LogP contribution in [0.1, 0.15) is 60.3 Å². The Bertz CT molecular complexity index is 799. The van der Waals surface area contributed by atoms with Gasteiger partial charge in [-0.2, -0.15) is 0 Å². The SMILES string of the molecule is COc1ccc(C)cc1Nc1nc(C)cc(C(=O)NC2CCCCCC2)n1. The van der Waals surface area contributed by atoms with Gasteiger partial charge in [0.1, 0.15) is 11.4 Å². The number of carbonyl (C=O) groups is 1. The molecule has 144 valence electrons. The third kappa shape index (κ3) is 5.18. The highest BCUT2D eigenvalue weighted by atomic mass is 16.5. The summed E-state index contributed by atoms with van der Waals surface area (Å²) in [5, 5.41) is 6.33. The lowest BCUT2D eigenvalue weighted by Gasteiger charge is -2.16. The van der Waals surface area contributed by atoms with Gasteiger partial charge in [0, 0.05) is 11.7 Å². The van der Waals surface area contributed by atoms with E-state index in [0.717, 1.165) is 29.8 Å². The van der Waals surface area contributed by atoms with Gasteiger partial charge in [-0.05, 0) is 50.5 Å². The molecule has 0 saturated heterocycles. The first-order valence-corrected chi connectivity index (χ1v) is 9.63. The maximum Gasteiger partial charge on any atom is 0.270 e. The number of aryl methyl sites for hydroxylation is 2. The molecule has 0 atom stereocenters. The number of rotatable bonds is 5. The van der Waals surface area contributed by atoms with Crippen LogP contribution in [0, 0.1) is 13.8 Å². The molecule has 1 saturated carbocycles. The third-order valence-electron chi connectivity index (χ3n) is 4.88. The molecule has 1 amide bonds. The van der Waals surface area contributed by atoms with Gasteiger partial charge in [-0.15, -0.1) is 0 Å². The lowest BCUT2D eigenvalue weighted by molar-refractivity contribution is 0.0928. The van der Waals surface area contributed by atoms with Crippen molar-refractivity contribution < 1.29 is 9.53 Å². The first-order valence-electron chi connectivity index (χ1n) is 9.63. The van der Waals surface area contributed by atoms with E-state index in [0.29, 0.717) is 17.4 Å². The Morgan fingerprint density at radius 1 is 1.07 bits per heavy atom. The number of nitrogens with one attached hydrogen (secondary N) is 2. The second kappa shape index (κ2) is 8.84. The van der Waals surface area contributed by atoms with Crippen molar-refractivity contribution in [1.29, 1.82) is 0 Å². The summed E-state index contributed by atoms with van der Waals surface area (Å²) in [5.74, 6) is 0.965. The molecular weight excluding hydrogens is 340 g/mol. The maximum atomic E-state index is 12.7. The number of hydrogen-bond acceptors (Lipinski definition) is 5. The van der Waals surface area contributed by atoms with Gasteiger partial charge in [0.05, 0.1) is 12.8 Å². The molecule has 0 aliphatic heterocycles. The Kier molecular flexibility index (Phi) is 6.27. The fraction of sp³-hybridized carbons (Fsp3) is 0.476. The van der Waals surface area contributed by atoms with Crippen LogP contribution in [0.5, 0.6) is 5.75 Å². The third-order valence-corrected chi connectivity index (χ3v) is 4.88. The minimum Gasteiger partial charge on any atom is -0.495 e. The van der Waals surface area contributed by atoms with Crippen LogP contribution in [0.25, 0.3) is 0 Å². The molecule has 27 heavy (non-hydrogen) atoms. The molecule has 3 rings (SSSR count). The number of hydrogen-bond donors (Lipinski definition) is 2. The normalized spacial score (nSPS) is 15.1. The standard InChI is InChI=1S/C21H28N4O2/c1-14-10-11-19(27-3)17(12-14)24-21-22-15(2)13-18(25-21)20(26)23-16-8-6-4-5-7-9-16/h10-13,16H,4-9H2,1-3H3,(H,23,26)(H,22,24,25). The fourth-order valence-corrected chi connectivity index (χ4v) is 3.46. The predicted octanol–water partition coefficient (Wildman–Crippen LogP) is 4.30. The molecule has 1 aromatic heterocycles. The smallest absolute Gasteiger partial charge is 0.270 e. The number of anilines is 2. The van der Waals surface area contributed by atoms with Crippen LogP contribution in [0.4, 0.5) is 11.6 Å². The van der Waals surface area contributed by atoms with Crippen molar-refractivity contribution in [3.63, 3.8) is 0 Å². The first kappa shape index (κ1) is 19.1. The molecule has 1 fully saturated rings. The highest BCUT2D eigenvalue weighted by molar-refractivity contribution is 5.93. The van der Waals surface area contributed by atoms with E-state index in [2.05, 4.69) is 20.6 Å². The lowest BCUT2D eigenvalue weighted by Crippen LogP contribution is -2.35. The Hall–Kier alpha value is -2.63. The molecule has 1 aromatic carbocycles. The summed E-state index contributed by atoms with van der Waals surface area (Å²) in [6, 6.07) is 7.81. The summed E-state index contributed by atoms with van der Waals surface area (Å²) in [7, 11) is 1.62. The van der Waals surface area contributed by atoms with Crippen molar-refractivity contribution >= 4 is 17.5 Å². The molecule has 0 spiro atoms. The summed E-state index contributed by atoms with van der Waals surface area (Å²) in [6.07, 6.45) is 6.95. The van der Waals surface area contributed by atoms with E-state index in [1.54, 1.807) is 13.2 Å². The predicted molar refractivity (Wildman–Crippen MR) is 107 cm³/mol. The van der Waals surface area contributed by atoms with Crippen LogP contribution >= 0.6 is 0 Å². The van der Waals surface area contributed by atoms with Gasteiger partial charge in [0.15, 0.2) is 0 Å². The van der Waals surface area contributed by atoms with E-state index >= 15 is 0 Å². The molecule has 2 aromatic rings. The second-order valence-corrected chi connectivity index (χ2v) is 7.21. The molecule has 0 unspecified atom stereocenters. The van der Waals surface area contributed by atoms with Gasteiger partial charge in [0.25, 0.3) is 5.91 Å². The van der Waals surface area contributed by atoms with E-state index in [1.165, 1.54) is 25.7 Å². The van der Waals surface area contributed by atoms with Crippen LogP contribution in [-0.4, -0.2) is 29.0 Å². The van der Waals surface area contributed by atoms with Crippen LogP contribution < -0.4 is 15.4 Å². The summed E-state index contributed by atoms with van der Waals surface area (Å²) < 4.78 is 5.40. The quantitative estimate of drug-likeness (QED) is 0.770. The van der Waals surface area contributed by atoms with Crippen molar-refractivity contribution in [2.24, 2.45) is 0 Å². The molecule has 1 heterocycles. The Balaban J connectivity index is 1.77. The second-order valence-electron chi connectivity index (χ2n) is 7.21. The molecule has 6 heteroatoms.